The molecule has 0 saturated heterocycles. The highest BCUT2D eigenvalue weighted by molar-refractivity contribution is 5.96. The number of benzene rings is 2. The molecule has 0 N–H and O–H groups in total. The van der Waals surface area contributed by atoms with Crippen LogP contribution in [0.3, 0.4) is 0 Å². The number of hydrogen-bond acceptors (Lipinski definition) is 6. The fourth-order valence-corrected chi connectivity index (χ4v) is 2.33. The molecule has 0 aliphatic heterocycles. The standard InChI is InChI=1S/C16H12N4O4/c1-10-6-7-11(8-14(10)20(23)24)15(21)9-19-16(22)12-4-2-3-5-13(12)17-18-19/h2-8H,9H2,1H3. The predicted molar refractivity (Wildman–Crippen MR) is 86.0 cm³/mol. The molecule has 24 heavy (non-hydrogen) atoms. The van der Waals surface area contributed by atoms with E-state index in [1.165, 1.54) is 18.2 Å². The molecule has 0 spiro atoms. The monoisotopic (exact) mass is 324 g/mol. The summed E-state index contributed by atoms with van der Waals surface area (Å²) in [7, 11) is 0. The molecule has 0 radical (unpaired) electrons. The molecule has 8 heteroatoms. The van der Waals surface area contributed by atoms with Crippen LogP contribution >= 0.6 is 0 Å². The normalized spacial score (nSPS) is 10.7. The van der Waals surface area contributed by atoms with Crippen LogP contribution in [0.1, 0.15) is 15.9 Å². The van der Waals surface area contributed by atoms with Gasteiger partial charge >= 0.3 is 0 Å². The Balaban J connectivity index is 1.96. The van der Waals surface area contributed by atoms with Gasteiger partial charge in [0.05, 0.1) is 10.3 Å². The van der Waals surface area contributed by atoms with Gasteiger partial charge in [0.2, 0.25) is 0 Å². The van der Waals surface area contributed by atoms with Gasteiger partial charge in [0.25, 0.3) is 11.2 Å². The van der Waals surface area contributed by atoms with E-state index in [-0.39, 0.29) is 17.8 Å². The zero-order chi connectivity index (χ0) is 17.3. The van der Waals surface area contributed by atoms with Gasteiger partial charge in [0.15, 0.2) is 5.78 Å². The van der Waals surface area contributed by atoms with Crippen LogP contribution in [0, 0.1) is 17.0 Å². The number of ketones is 1. The summed E-state index contributed by atoms with van der Waals surface area (Å²) in [6.07, 6.45) is 0. The van der Waals surface area contributed by atoms with Gasteiger partial charge in [0.1, 0.15) is 12.1 Å². The molecule has 0 amide bonds. The highest BCUT2D eigenvalue weighted by Crippen LogP contribution is 2.19. The number of nitrogens with zero attached hydrogens (tertiary/aromatic N) is 4. The van der Waals surface area contributed by atoms with Crippen LogP contribution in [0.2, 0.25) is 0 Å². The van der Waals surface area contributed by atoms with Crippen LogP contribution in [-0.4, -0.2) is 25.7 Å². The van der Waals surface area contributed by atoms with Gasteiger partial charge in [-0.3, -0.25) is 19.7 Å². The first-order chi connectivity index (χ1) is 11.5. The Morgan fingerprint density at radius 2 is 2.00 bits per heavy atom. The van der Waals surface area contributed by atoms with Crippen LogP contribution in [0.4, 0.5) is 5.69 Å². The van der Waals surface area contributed by atoms with Crippen LogP contribution in [0.5, 0.6) is 0 Å². The molecule has 2 aromatic carbocycles. The van der Waals surface area contributed by atoms with Gasteiger partial charge in [0, 0.05) is 17.2 Å². The molecule has 1 heterocycles. The van der Waals surface area contributed by atoms with Crippen molar-refractivity contribution in [3.8, 4) is 0 Å². The van der Waals surface area contributed by atoms with Crippen molar-refractivity contribution in [3.63, 3.8) is 0 Å². The topological polar surface area (TPSA) is 108 Å². The summed E-state index contributed by atoms with van der Waals surface area (Å²) in [5.41, 5.74) is 0.471. The fourth-order valence-electron chi connectivity index (χ4n) is 2.33. The minimum atomic E-state index is -0.548. The van der Waals surface area contributed by atoms with E-state index in [9.17, 15) is 19.7 Å². The van der Waals surface area contributed by atoms with Crippen LogP contribution in [0.25, 0.3) is 10.9 Å². The highest BCUT2D eigenvalue weighted by Gasteiger charge is 2.16. The van der Waals surface area contributed by atoms with Crippen molar-refractivity contribution < 1.29 is 9.72 Å². The number of carbonyl (C=O) groups excluding carboxylic acids is 1. The Labute approximate surface area is 135 Å². The van der Waals surface area contributed by atoms with Gasteiger partial charge in [-0.25, -0.2) is 4.68 Å². The molecule has 0 saturated carbocycles. The lowest BCUT2D eigenvalue weighted by Gasteiger charge is -2.05. The van der Waals surface area contributed by atoms with Crippen molar-refractivity contribution in [2.45, 2.75) is 13.5 Å². The van der Waals surface area contributed by atoms with Gasteiger partial charge in [-0.15, -0.1) is 5.10 Å². The van der Waals surface area contributed by atoms with Crippen LogP contribution < -0.4 is 5.56 Å². The van der Waals surface area contributed by atoms with E-state index in [2.05, 4.69) is 10.3 Å². The van der Waals surface area contributed by atoms with Crippen molar-refractivity contribution in [3.05, 3.63) is 74.1 Å². The van der Waals surface area contributed by atoms with E-state index in [0.717, 1.165) is 4.68 Å². The van der Waals surface area contributed by atoms with E-state index in [1.54, 1.807) is 31.2 Å². The maximum Gasteiger partial charge on any atom is 0.278 e. The Bertz CT molecular complexity index is 1030. The minimum absolute atomic E-state index is 0.141. The zero-order valence-corrected chi connectivity index (χ0v) is 12.7. The van der Waals surface area contributed by atoms with Gasteiger partial charge in [-0.2, -0.15) is 0 Å². The SMILES string of the molecule is Cc1ccc(C(=O)Cn2nnc3ccccc3c2=O)cc1[N+](=O)[O-]. The van der Waals surface area contributed by atoms with E-state index in [4.69, 9.17) is 0 Å². The number of rotatable bonds is 4. The average Bonchev–Trinajstić information content (AvgIpc) is 2.57. The number of aromatic nitrogens is 3. The number of nitro benzene ring substituents is 1. The number of hydrogen-bond donors (Lipinski definition) is 0. The second kappa shape index (κ2) is 5.99. The summed E-state index contributed by atoms with van der Waals surface area (Å²) in [6, 6.07) is 10.9. The van der Waals surface area contributed by atoms with Crippen LogP contribution in [-0.2, 0) is 6.54 Å². The molecule has 3 rings (SSSR count). The Kier molecular flexibility index (Phi) is 3.87. The molecular formula is C16H12N4O4. The largest absolute Gasteiger partial charge is 0.292 e. The molecule has 0 bridgehead atoms. The van der Waals surface area contributed by atoms with E-state index in [0.29, 0.717) is 16.5 Å². The number of nitro groups is 1. The van der Waals surface area contributed by atoms with Crippen molar-refractivity contribution >= 4 is 22.4 Å². The fraction of sp³-hybridized carbons (Fsp3) is 0.125. The summed E-state index contributed by atoms with van der Waals surface area (Å²) >= 11 is 0. The molecule has 8 nitrogen and oxygen atoms in total. The minimum Gasteiger partial charge on any atom is -0.292 e. The zero-order valence-electron chi connectivity index (χ0n) is 12.7. The summed E-state index contributed by atoms with van der Waals surface area (Å²) in [6.45, 7) is 1.25. The summed E-state index contributed by atoms with van der Waals surface area (Å²) in [5.74, 6) is -0.454. The Morgan fingerprint density at radius 3 is 2.75 bits per heavy atom. The number of Topliss-reactive ketones (excluding diaryl/α,β-unsaturated/α-hetero) is 1. The van der Waals surface area contributed by atoms with Crippen molar-refractivity contribution in [2.24, 2.45) is 0 Å². The third kappa shape index (κ3) is 2.76. The van der Waals surface area contributed by atoms with Crippen molar-refractivity contribution in [1.29, 1.82) is 0 Å². The first-order valence-electron chi connectivity index (χ1n) is 7.08. The molecule has 0 unspecified atom stereocenters. The first-order valence-corrected chi connectivity index (χ1v) is 7.08. The average molecular weight is 324 g/mol. The predicted octanol–water partition coefficient (Wildman–Crippen LogP) is 1.89. The highest BCUT2D eigenvalue weighted by atomic mass is 16.6. The Morgan fingerprint density at radius 1 is 1.25 bits per heavy atom. The number of fused-ring (bicyclic) bond motifs is 1. The Hall–Kier alpha value is -3.42. The van der Waals surface area contributed by atoms with Gasteiger partial charge < -0.3 is 0 Å². The summed E-state index contributed by atoms with van der Waals surface area (Å²) < 4.78 is 0.955. The lowest BCUT2D eigenvalue weighted by atomic mass is 10.1. The molecule has 3 aromatic rings. The quantitative estimate of drug-likeness (QED) is 0.412. The van der Waals surface area contributed by atoms with E-state index in [1.807, 2.05) is 0 Å². The number of carbonyl (C=O) groups is 1. The first kappa shape index (κ1) is 15.5. The maximum atomic E-state index is 12.3. The third-order valence-electron chi connectivity index (χ3n) is 3.65. The number of aryl methyl sites for hydroxylation is 1. The van der Waals surface area contributed by atoms with Gasteiger partial charge in [-0.05, 0) is 19.1 Å². The maximum absolute atomic E-state index is 12.3. The van der Waals surface area contributed by atoms with E-state index >= 15 is 0 Å². The summed E-state index contributed by atoms with van der Waals surface area (Å²) in [4.78, 5) is 35.1. The molecule has 0 atom stereocenters. The summed E-state index contributed by atoms with van der Waals surface area (Å²) in [5, 5.41) is 19.0. The second-order valence-corrected chi connectivity index (χ2v) is 5.25. The lowest BCUT2D eigenvalue weighted by molar-refractivity contribution is -0.385. The van der Waals surface area contributed by atoms with Crippen LogP contribution in [0.15, 0.2) is 47.3 Å². The molecular weight excluding hydrogens is 312 g/mol. The molecule has 120 valence electrons. The smallest absolute Gasteiger partial charge is 0.278 e. The molecule has 0 fully saturated rings. The molecule has 0 aliphatic rings. The molecule has 0 aliphatic carbocycles. The van der Waals surface area contributed by atoms with E-state index < -0.39 is 16.3 Å². The molecule has 1 aromatic heterocycles. The van der Waals surface area contributed by atoms with Gasteiger partial charge in [-0.1, -0.05) is 29.5 Å². The second-order valence-electron chi connectivity index (χ2n) is 5.25. The third-order valence-corrected chi connectivity index (χ3v) is 3.65. The lowest BCUT2D eigenvalue weighted by Crippen LogP contribution is -2.27. The van der Waals surface area contributed by atoms with Crippen molar-refractivity contribution in [1.82, 2.24) is 15.0 Å². The van der Waals surface area contributed by atoms with Crippen molar-refractivity contribution in [2.75, 3.05) is 0 Å².